The van der Waals surface area contributed by atoms with Crippen LogP contribution in [-0.4, -0.2) is 80.1 Å². The van der Waals surface area contributed by atoms with Crippen LogP contribution in [0.4, 0.5) is 11.6 Å². The van der Waals surface area contributed by atoms with Crippen molar-refractivity contribution in [2.24, 2.45) is 0 Å². The van der Waals surface area contributed by atoms with E-state index in [2.05, 4.69) is 27.2 Å². The van der Waals surface area contributed by atoms with Gasteiger partial charge in [-0.3, -0.25) is 9.59 Å². The largest absolute Gasteiger partial charge is 0.383 e. The molecule has 0 radical (unpaired) electrons. The fourth-order valence-corrected chi connectivity index (χ4v) is 5.02. The van der Waals surface area contributed by atoms with Crippen LogP contribution in [0.5, 0.6) is 0 Å². The number of hydrogen-bond donors (Lipinski definition) is 2. The zero-order valence-corrected chi connectivity index (χ0v) is 23.6. The van der Waals surface area contributed by atoms with E-state index in [0.29, 0.717) is 53.6 Å². The van der Waals surface area contributed by atoms with Crippen molar-refractivity contribution in [1.29, 1.82) is 0 Å². The number of fused-ring (bicyclic) bond motifs is 1. The van der Waals surface area contributed by atoms with Gasteiger partial charge in [-0.15, -0.1) is 0 Å². The van der Waals surface area contributed by atoms with Gasteiger partial charge in [0, 0.05) is 43.0 Å². The van der Waals surface area contributed by atoms with E-state index in [-0.39, 0.29) is 17.9 Å². The van der Waals surface area contributed by atoms with E-state index >= 15 is 0 Å². The highest BCUT2D eigenvalue weighted by molar-refractivity contribution is 6.04. The second-order valence-electron chi connectivity index (χ2n) is 10.5. The molecule has 1 aliphatic heterocycles. The number of pyridine rings is 1. The summed E-state index contributed by atoms with van der Waals surface area (Å²) < 4.78 is 1.86. The van der Waals surface area contributed by atoms with Gasteiger partial charge in [0.15, 0.2) is 5.65 Å². The average Bonchev–Trinajstić information content (AvgIpc) is 3.60. The molecule has 4 heterocycles. The highest BCUT2D eigenvalue weighted by Gasteiger charge is 2.30. The molecule has 2 amide bonds. The predicted molar refractivity (Wildman–Crippen MR) is 159 cm³/mol. The summed E-state index contributed by atoms with van der Waals surface area (Å²) in [6, 6.07) is 11.0. The molecule has 1 aromatic carbocycles. The van der Waals surface area contributed by atoms with E-state index < -0.39 is 0 Å². The van der Waals surface area contributed by atoms with Gasteiger partial charge in [-0.1, -0.05) is 31.6 Å². The van der Waals surface area contributed by atoms with Gasteiger partial charge < -0.3 is 20.9 Å². The summed E-state index contributed by atoms with van der Waals surface area (Å²) in [6.07, 6.45) is 9.33. The summed E-state index contributed by atoms with van der Waals surface area (Å²) in [5, 5.41) is 8.44. The van der Waals surface area contributed by atoms with Gasteiger partial charge >= 0.3 is 0 Å². The van der Waals surface area contributed by atoms with Crippen molar-refractivity contribution in [3.63, 3.8) is 0 Å². The molecule has 0 spiro atoms. The molecule has 1 atom stereocenters. The monoisotopic (exact) mass is 553 g/mol. The molecule has 212 valence electrons. The molecule has 11 heteroatoms. The molecule has 5 rings (SSSR count). The molecular formula is C30H35N9O2. The molecule has 0 aliphatic carbocycles. The Bertz CT molecular complexity index is 1580. The van der Waals surface area contributed by atoms with Crippen LogP contribution in [0.1, 0.15) is 41.7 Å². The zero-order chi connectivity index (χ0) is 28.9. The van der Waals surface area contributed by atoms with Crippen LogP contribution in [0.2, 0.25) is 0 Å². The number of likely N-dealkylation sites (tertiary alicyclic amines) is 1. The summed E-state index contributed by atoms with van der Waals surface area (Å²) >= 11 is 0. The quantitative estimate of drug-likeness (QED) is 0.300. The molecule has 0 unspecified atom stereocenters. The van der Waals surface area contributed by atoms with Crippen molar-refractivity contribution in [3.8, 4) is 11.3 Å². The number of nitrogens with zero attached hydrogens (tertiary/aromatic N) is 7. The van der Waals surface area contributed by atoms with Crippen molar-refractivity contribution < 1.29 is 9.59 Å². The molecule has 0 saturated carbocycles. The predicted octanol–water partition coefficient (Wildman–Crippen LogP) is 3.57. The standard InChI is InChI=1S/C30H35N9O2/c1-4-6-20-12-14-32-24(17-20)35-30(41)22-10-8-21(9-11-22)27-26-28(31)33-19-34-29(26)39(36-27)23-13-16-38(18-23)25(40)7-5-15-37(2)3/h5,7-12,14,17,19,23H,4,6,13,15-16,18H2,1-3H3,(H2,31,33,34)(H,32,35,41)/t23-/m1/s1. The lowest BCUT2D eigenvalue weighted by atomic mass is 10.1. The highest BCUT2D eigenvalue weighted by atomic mass is 16.2. The first-order valence-electron chi connectivity index (χ1n) is 13.8. The SMILES string of the molecule is CCCc1ccnc(NC(=O)c2ccc(-c3nn([C@@H]4CCN(C(=O)C=CCN(C)C)C4)c4ncnc(N)c34)cc2)c1. The van der Waals surface area contributed by atoms with Gasteiger partial charge in [0.1, 0.15) is 23.7 Å². The summed E-state index contributed by atoms with van der Waals surface area (Å²) in [4.78, 5) is 42.4. The number of nitrogen functional groups attached to an aromatic ring is 1. The molecule has 0 bridgehead atoms. The first kappa shape index (κ1) is 27.9. The number of rotatable bonds is 9. The first-order chi connectivity index (χ1) is 19.8. The fourth-order valence-electron chi connectivity index (χ4n) is 5.02. The average molecular weight is 554 g/mol. The maximum absolute atomic E-state index is 12.9. The number of hydrogen-bond acceptors (Lipinski definition) is 8. The number of aryl methyl sites for hydroxylation is 1. The van der Waals surface area contributed by atoms with Gasteiger partial charge in [0.25, 0.3) is 5.91 Å². The van der Waals surface area contributed by atoms with E-state index in [4.69, 9.17) is 10.8 Å². The van der Waals surface area contributed by atoms with Crippen LogP contribution >= 0.6 is 0 Å². The summed E-state index contributed by atoms with van der Waals surface area (Å²) in [5.41, 5.74) is 9.97. The minimum atomic E-state index is -0.244. The number of aromatic nitrogens is 5. The number of amides is 2. The van der Waals surface area contributed by atoms with Crippen molar-refractivity contribution in [2.75, 3.05) is 44.8 Å². The van der Waals surface area contributed by atoms with E-state index in [1.54, 1.807) is 24.4 Å². The molecular weight excluding hydrogens is 518 g/mol. The topological polar surface area (TPSA) is 135 Å². The Hall–Kier alpha value is -4.64. The van der Waals surface area contributed by atoms with Crippen LogP contribution < -0.4 is 11.1 Å². The van der Waals surface area contributed by atoms with Gasteiger partial charge in [0.2, 0.25) is 5.91 Å². The third-order valence-electron chi connectivity index (χ3n) is 7.10. The number of nitrogens with one attached hydrogen (secondary N) is 1. The van der Waals surface area contributed by atoms with Crippen LogP contribution in [-0.2, 0) is 11.2 Å². The van der Waals surface area contributed by atoms with E-state index in [1.807, 2.05) is 58.9 Å². The Kier molecular flexibility index (Phi) is 8.34. The molecule has 1 aliphatic rings. The number of carbonyl (C=O) groups is 2. The number of benzene rings is 1. The van der Waals surface area contributed by atoms with E-state index in [0.717, 1.165) is 30.4 Å². The first-order valence-corrected chi connectivity index (χ1v) is 13.8. The maximum atomic E-state index is 12.9. The Morgan fingerprint density at radius 3 is 2.71 bits per heavy atom. The van der Waals surface area contributed by atoms with Crippen LogP contribution in [0.25, 0.3) is 22.3 Å². The number of likely N-dealkylation sites (N-methyl/N-ethyl adjacent to an activating group) is 1. The van der Waals surface area contributed by atoms with Gasteiger partial charge in [0.05, 0.1) is 11.4 Å². The van der Waals surface area contributed by atoms with Crippen LogP contribution in [0.15, 0.2) is 61.1 Å². The molecule has 3 aromatic heterocycles. The third kappa shape index (κ3) is 6.25. The lowest BCUT2D eigenvalue weighted by Gasteiger charge is -2.15. The number of carbonyl (C=O) groups excluding carboxylic acids is 2. The fraction of sp³-hybridized carbons (Fsp3) is 0.333. The highest BCUT2D eigenvalue weighted by Crippen LogP contribution is 2.34. The third-order valence-corrected chi connectivity index (χ3v) is 7.10. The van der Waals surface area contributed by atoms with Crippen molar-refractivity contribution in [2.45, 2.75) is 32.2 Å². The van der Waals surface area contributed by atoms with Crippen molar-refractivity contribution >= 4 is 34.5 Å². The Labute approximate surface area is 239 Å². The Balaban J connectivity index is 1.36. The van der Waals surface area contributed by atoms with Crippen LogP contribution in [0, 0.1) is 0 Å². The normalized spacial score (nSPS) is 15.3. The zero-order valence-electron chi connectivity index (χ0n) is 23.6. The summed E-state index contributed by atoms with van der Waals surface area (Å²) in [6.45, 7) is 3.97. The van der Waals surface area contributed by atoms with Crippen molar-refractivity contribution in [1.82, 2.24) is 34.5 Å². The lowest BCUT2D eigenvalue weighted by Crippen LogP contribution is -2.28. The molecule has 41 heavy (non-hydrogen) atoms. The Morgan fingerprint density at radius 2 is 1.95 bits per heavy atom. The minimum absolute atomic E-state index is 0.0127. The Morgan fingerprint density at radius 1 is 1.15 bits per heavy atom. The van der Waals surface area contributed by atoms with Gasteiger partial charge in [-0.05, 0) is 56.8 Å². The molecule has 11 nitrogen and oxygen atoms in total. The minimum Gasteiger partial charge on any atom is -0.383 e. The number of anilines is 2. The van der Waals surface area contributed by atoms with E-state index in [9.17, 15) is 9.59 Å². The lowest BCUT2D eigenvalue weighted by molar-refractivity contribution is -0.125. The van der Waals surface area contributed by atoms with Gasteiger partial charge in [-0.25, -0.2) is 19.6 Å². The summed E-state index contributed by atoms with van der Waals surface area (Å²) in [7, 11) is 3.92. The number of nitrogens with two attached hydrogens (primary N) is 1. The van der Waals surface area contributed by atoms with Gasteiger partial charge in [-0.2, -0.15) is 5.10 Å². The van der Waals surface area contributed by atoms with Crippen molar-refractivity contribution in [3.05, 3.63) is 72.2 Å². The second kappa shape index (κ2) is 12.3. The molecule has 4 aromatic rings. The maximum Gasteiger partial charge on any atom is 0.256 e. The molecule has 1 fully saturated rings. The smallest absolute Gasteiger partial charge is 0.256 e. The molecule has 1 saturated heterocycles. The molecule has 3 N–H and O–H groups in total. The summed E-state index contributed by atoms with van der Waals surface area (Å²) in [5.74, 6) is 0.596. The second-order valence-corrected chi connectivity index (χ2v) is 10.5. The van der Waals surface area contributed by atoms with E-state index in [1.165, 1.54) is 6.33 Å². The van der Waals surface area contributed by atoms with Crippen LogP contribution in [0.3, 0.4) is 0 Å².